The molecule has 0 spiro atoms. The van der Waals surface area contributed by atoms with Crippen LogP contribution in [0.5, 0.6) is 5.75 Å². The smallest absolute Gasteiger partial charge is 0.122 e. The number of aryl methyl sites for hydroxylation is 1. The summed E-state index contributed by atoms with van der Waals surface area (Å²) in [6, 6.07) is 5.97. The molecule has 1 aromatic carbocycles. The molecule has 1 N–H and O–H groups in total. The fourth-order valence-corrected chi connectivity index (χ4v) is 2.73. The number of hydrogen-bond acceptors (Lipinski definition) is 2. The van der Waals surface area contributed by atoms with Crippen LogP contribution in [0.25, 0.3) is 0 Å². The van der Waals surface area contributed by atoms with Crippen LogP contribution < -0.4 is 4.74 Å². The van der Waals surface area contributed by atoms with E-state index in [1.807, 2.05) is 25.1 Å². The van der Waals surface area contributed by atoms with Gasteiger partial charge in [0.05, 0.1) is 12.2 Å². The van der Waals surface area contributed by atoms with Crippen LogP contribution in [0.3, 0.4) is 0 Å². The van der Waals surface area contributed by atoms with Crippen molar-refractivity contribution in [1.82, 2.24) is 0 Å². The molecule has 3 atom stereocenters. The number of aliphatic hydroxyl groups excluding tert-OH is 1. The van der Waals surface area contributed by atoms with Crippen molar-refractivity contribution in [3.63, 3.8) is 0 Å². The van der Waals surface area contributed by atoms with Gasteiger partial charge in [0, 0.05) is 0 Å². The van der Waals surface area contributed by atoms with Crippen LogP contribution in [-0.4, -0.2) is 11.2 Å². The Labute approximate surface area is 110 Å². The average molecular weight is 248 g/mol. The van der Waals surface area contributed by atoms with E-state index in [0.717, 1.165) is 29.2 Å². The first-order valence-corrected chi connectivity index (χ1v) is 7.01. The van der Waals surface area contributed by atoms with Gasteiger partial charge in [-0.25, -0.2) is 0 Å². The van der Waals surface area contributed by atoms with E-state index < -0.39 is 6.10 Å². The van der Waals surface area contributed by atoms with Crippen molar-refractivity contribution >= 4 is 0 Å². The van der Waals surface area contributed by atoms with Crippen molar-refractivity contribution in [2.75, 3.05) is 0 Å². The Morgan fingerprint density at radius 3 is 2.72 bits per heavy atom. The Morgan fingerprint density at radius 2 is 2.11 bits per heavy atom. The third-order valence-electron chi connectivity index (χ3n) is 3.86. The fraction of sp³-hybridized carbons (Fsp3) is 0.625. The molecule has 0 aromatic heterocycles. The maximum atomic E-state index is 9.55. The van der Waals surface area contributed by atoms with E-state index in [2.05, 4.69) is 6.92 Å². The lowest BCUT2D eigenvalue weighted by atomic mass is 9.88. The van der Waals surface area contributed by atoms with Crippen molar-refractivity contribution in [2.24, 2.45) is 5.92 Å². The van der Waals surface area contributed by atoms with E-state index in [1.54, 1.807) is 6.92 Å². The van der Waals surface area contributed by atoms with Gasteiger partial charge in [0.25, 0.3) is 0 Å². The molecular weight excluding hydrogens is 224 g/mol. The molecular formula is C16H24O2. The molecule has 0 amide bonds. The minimum Gasteiger partial charge on any atom is -0.490 e. The van der Waals surface area contributed by atoms with E-state index in [-0.39, 0.29) is 0 Å². The maximum absolute atomic E-state index is 9.55. The highest BCUT2D eigenvalue weighted by Gasteiger charge is 2.20. The number of rotatable bonds is 3. The minimum atomic E-state index is -0.410. The van der Waals surface area contributed by atoms with Crippen molar-refractivity contribution in [3.8, 4) is 5.75 Å². The molecule has 2 rings (SSSR count). The normalized spacial score (nSPS) is 25.8. The zero-order valence-corrected chi connectivity index (χ0v) is 11.6. The van der Waals surface area contributed by atoms with Gasteiger partial charge in [0.2, 0.25) is 0 Å². The van der Waals surface area contributed by atoms with Crippen LogP contribution in [0.15, 0.2) is 18.2 Å². The van der Waals surface area contributed by atoms with Gasteiger partial charge in [-0.3, -0.25) is 0 Å². The molecule has 1 fully saturated rings. The van der Waals surface area contributed by atoms with Crippen molar-refractivity contribution in [1.29, 1.82) is 0 Å². The molecule has 0 aliphatic heterocycles. The lowest BCUT2D eigenvalue weighted by Gasteiger charge is -2.28. The molecule has 2 nitrogen and oxygen atoms in total. The second-order valence-corrected chi connectivity index (χ2v) is 5.71. The molecule has 3 unspecified atom stereocenters. The molecule has 100 valence electrons. The molecule has 0 heterocycles. The number of hydrogen-bond donors (Lipinski definition) is 1. The number of benzene rings is 1. The number of ether oxygens (including phenoxy) is 1. The largest absolute Gasteiger partial charge is 0.490 e. The van der Waals surface area contributed by atoms with Crippen molar-refractivity contribution in [2.45, 2.75) is 58.7 Å². The molecule has 1 aliphatic rings. The van der Waals surface area contributed by atoms with Gasteiger partial charge in [-0.2, -0.15) is 0 Å². The summed E-state index contributed by atoms with van der Waals surface area (Å²) in [5, 5.41) is 9.55. The summed E-state index contributed by atoms with van der Waals surface area (Å²) < 4.78 is 6.11. The minimum absolute atomic E-state index is 0.366. The highest BCUT2D eigenvalue weighted by Crippen LogP contribution is 2.29. The Balaban J connectivity index is 2.05. The predicted molar refractivity (Wildman–Crippen MR) is 73.9 cm³/mol. The second kappa shape index (κ2) is 5.75. The van der Waals surface area contributed by atoms with Crippen LogP contribution in [0.2, 0.25) is 0 Å². The highest BCUT2D eigenvalue weighted by atomic mass is 16.5. The Morgan fingerprint density at radius 1 is 1.33 bits per heavy atom. The molecule has 0 saturated heterocycles. The zero-order valence-electron chi connectivity index (χ0n) is 11.6. The van der Waals surface area contributed by atoms with E-state index in [9.17, 15) is 5.11 Å². The summed E-state index contributed by atoms with van der Waals surface area (Å²) in [7, 11) is 0. The van der Waals surface area contributed by atoms with Gasteiger partial charge in [-0.05, 0) is 62.3 Å². The predicted octanol–water partition coefficient (Wildman–Crippen LogP) is 4.01. The van der Waals surface area contributed by atoms with Crippen molar-refractivity contribution in [3.05, 3.63) is 29.3 Å². The third-order valence-corrected chi connectivity index (χ3v) is 3.86. The molecule has 18 heavy (non-hydrogen) atoms. The third kappa shape index (κ3) is 3.26. The second-order valence-electron chi connectivity index (χ2n) is 5.71. The van der Waals surface area contributed by atoms with E-state index >= 15 is 0 Å². The first-order chi connectivity index (χ1) is 8.56. The summed E-state index contributed by atoms with van der Waals surface area (Å²) >= 11 is 0. The molecule has 0 radical (unpaired) electrons. The van der Waals surface area contributed by atoms with Crippen LogP contribution in [0.1, 0.15) is 56.8 Å². The Hall–Kier alpha value is -1.02. The molecule has 0 bridgehead atoms. The lowest BCUT2D eigenvalue weighted by molar-refractivity contribution is 0.128. The van der Waals surface area contributed by atoms with Crippen molar-refractivity contribution < 1.29 is 9.84 Å². The summed E-state index contributed by atoms with van der Waals surface area (Å²) in [4.78, 5) is 0. The van der Waals surface area contributed by atoms with Crippen LogP contribution in [0.4, 0.5) is 0 Å². The summed E-state index contributed by atoms with van der Waals surface area (Å²) in [6.45, 7) is 6.14. The van der Waals surface area contributed by atoms with E-state index in [0.29, 0.717) is 6.10 Å². The maximum Gasteiger partial charge on any atom is 0.122 e. The van der Waals surface area contributed by atoms with Gasteiger partial charge in [0.1, 0.15) is 5.75 Å². The van der Waals surface area contributed by atoms with E-state index in [1.165, 1.54) is 19.3 Å². The average Bonchev–Trinajstić information content (AvgIpc) is 2.31. The summed E-state index contributed by atoms with van der Waals surface area (Å²) in [5.74, 6) is 1.75. The summed E-state index contributed by atoms with van der Waals surface area (Å²) in [6.07, 6.45) is 4.90. The van der Waals surface area contributed by atoms with Crippen LogP contribution >= 0.6 is 0 Å². The Kier molecular flexibility index (Phi) is 4.28. The fourth-order valence-electron chi connectivity index (χ4n) is 2.73. The van der Waals surface area contributed by atoms with Gasteiger partial charge in [0.15, 0.2) is 0 Å². The Bertz CT molecular complexity index is 398. The lowest BCUT2D eigenvalue weighted by Crippen LogP contribution is -2.24. The van der Waals surface area contributed by atoms with Crippen LogP contribution in [-0.2, 0) is 0 Å². The molecule has 2 heteroatoms. The first-order valence-electron chi connectivity index (χ1n) is 7.01. The highest BCUT2D eigenvalue weighted by molar-refractivity contribution is 5.37. The van der Waals surface area contributed by atoms with Gasteiger partial charge in [-0.1, -0.05) is 19.4 Å². The van der Waals surface area contributed by atoms with Gasteiger partial charge in [-0.15, -0.1) is 0 Å². The quantitative estimate of drug-likeness (QED) is 0.876. The molecule has 1 saturated carbocycles. The summed E-state index contributed by atoms with van der Waals surface area (Å²) in [5.41, 5.74) is 2.07. The standard InChI is InChI=1S/C16H24O2/c1-11-5-4-6-15(9-11)18-16-8-7-14(13(3)17)10-12(16)2/h7-8,10-11,13,15,17H,4-6,9H2,1-3H3. The topological polar surface area (TPSA) is 29.5 Å². The van der Waals surface area contributed by atoms with Crippen LogP contribution in [0, 0.1) is 12.8 Å². The van der Waals surface area contributed by atoms with Gasteiger partial charge < -0.3 is 9.84 Å². The SMILES string of the molecule is Cc1cc(C(C)O)ccc1OC1CCCC(C)C1. The number of aliphatic hydroxyl groups is 1. The zero-order chi connectivity index (χ0) is 13.1. The molecule has 1 aliphatic carbocycles. The van der Waals surface area contributed by atoms with Gasteiger partial charge >= 0.3 is 0 Å². The van der Waals surface area contributed by atoms with E-state index in [4.69, 9.17) is 4.74 Å². The monoisotopic (exact) mass is 248 g/mol. The molecule has 1 aromatic rings. The first kappa shape index (κ1) is 13.4.